The minimum atomic E-state index is -1.83. The van der Waals surface area contributed by atoms with E-state index >= 15 is 0 Å². The molecule has 178 valence electrons. The van der Waals surface area contributed by atoms with Crippen LogP contribution in [0.5, 0.6) is 0 Å². The molecule has 0 unspecified atom stereocenters. The normalized spacial score (nSPS) is 17.8. The highest BCUT2D eigenvalue weighted by Crippen LogP contribution is 2.41. The number of anilines is 1. The van der Waals surface area contributed by atoms with E-state index in [1.54, 1.807) is 4.52 Å². The average molecular weight is 545 g/mol. The maximum Gasteiger partial charge on any atom is 0.503 e. The topological polar surface area (TPSA) is 132 Å². The molecule has 0 radical (unpaired) electrons. The van der Waals surface area contributed by atoms with E-state index in [0.29, 0.717) is 11.7 Å². The summed E-state index contributed by atoms with van der Waals surface area (Å²) in [5, 5.41) is 23.7. The van der Waals surface area contributed by atoms with Gasteiger partial charge >= 0.3 is 6.16 Å². The van der Waals surface area contributed by atoms with Gasteiger partial charge in [-0.2, -0.15) is 26.5 Å². The number of para-hydroxylation sites is 1. The van der Waals surface area contributed by atoms with E-state index in [0.717, 1.165) is 50.7 Å². The number of fused-ring (bicyclic) bond motifs is 1. The van der Waals surface area contributed by atoms with Gasteiger partial charge < -0.3 is 15.9 Å². The van der Waals surface area contributed by atoms with Crippen LogP contribution in [0.1, 0.15) is 37.3 Å². The summed E-state index contributed by atoms with van der Waals surface area (Å²) in [5.74, 6) is 1.02. The number of hydrogen-bond acceptors (Lipinski definition) is 6. The molecule has 3 aromatic heterocycles. The minimum Gasteiger partial charge on any atom is -0.450 e. The zero-order chi connectivity index (χ0) is 24.2. The lowest BCUT2D eigenvalue weighted by atomic mass is 9.86. The molecule has 1 aromatic carbocycles. The molecule has 1 aliphatic rings. The van der Waals surface area contributed by atoms with Gasteiger partial charge in [0.05, 0.1) is 28.2 Å². The summed E-state index contributed by atoms with van der Waals surface area (Å²) in [7, 11) is 0. The molecule has 1 saturated carbocycles. The third kappa shape index (κ3) is 5.05. The molecule has 4 N–H and O–H groups in total. The van der Waals surface area contributed by atoms with Crippen molar-refractivity contribution >= 4 is 45.3 Å². The zero-order valence-electron chi connectivity index (χ0n) is 18.5. The van der Waals surface area contributed by atoms with Crippen molar-refractivity contribution < 1.29 is 15.0 Å². The number of carbonyl (C=O) groups is 1. The summed E-state index contributed by atoms with van der Waals surface area (Å²) >= 11 is 5.67. The second kappa shape index (κ2) is 10.5. The molecule has 0 atom stereocenters. The Morgan fingerprint density at radius 1 is 1.12 bits per heavy atom. The second-order valence-corrected chi connectivity index (χ2v) is 9.92. The highest BCUT2D eigenvalue weighted by atomic mass is 79.9. The Hall–Kier alpha value is -3.05. The summed E-state index contributed by atoms with van der Waals surface area (Å²) in [4.78, 5) is 13.6. The lowest BCUT2D eigenvalue weighted by molar-refractivity contribution is 0.137. The van der Waals surface area contributed by atoms with Gasteiger partial charge in [-0.15, -0.1) is 0 Å². The summed E-state index contributed by atoms with van der Waals surface area (Å²) in [6, 6.07) is 10.1. The molecule has 34 heavy (non-hydrogen) atoms. The number of carboxylic acid groups (broad SMARTS) is 2. The van der Waals surface area contributed by atoms with Crippen LogP contribution in [-0.4, -0.2) is 52.3 Å². The predicted molar refractivity (Wildman–Crippen MR) is 137 cm³/mol. The van der Waals surface area contributed by atoms with E-state index in [-0.39, 0.29) is 0 Å². The molecule has 11 heteroatoms. The average Bonchev–Trinajstić information content (AvgIpc) is 3.49. The lowest BCUT2D eigenvalue weighted by Gasteiger charge is -2.27. The van der Waals surface area contributed by atoms with E-state index in [9.17, 15) is 0 Å². The van der Waals surface area contributed by atoms with Gasteiger partial charge in [0.25, 0.3) is 0 Å². The number of nitrogens with two attached hydrogens (primary N) is 1. The number of rotatable bonds is 4. The summed E-state index contributed by atoms with van der Waals surface area (Å²) < 4.78 is 4.46. The predicted octanol–water partition coefficient (Wildman–Crippen LogP) is 5.54. The first-order valence-corrected chi connectivity index (χ1v) is 12.8. The molecular formula is C23H25BrN6O3S. The van der Waals surface area contributed by atoms with Crippen LogP contribution >= 0.6 is 27.7 Å². The number of thioether (sulfide) groups is 1. The molecular weight excluding hydrogens is 520 g/mol. The van der Waals surface area contributed by atoms with E-state index in [4.69, 9.17) is 25.7 Å². The molecule has 9 nitrogen and oxygen atoms in total. The molecule has 0 saturated heterocycles. The maximum absolute atomic E-state index is 8.56. The van der Waals surface area contributed by atoms with Gasteiger partial charge in [-0.1, -0.05) is 18.2 Å². The largest absolute Gasteiger partial charge is 0.503 e. The molecule has 0 aliphatic heterocycles. The molecule has 5 rings (SSSR count). The van der Waals surface area contributed by atoms with Gasteiger partial charge in [0.15, 0.2) is 5.65 Å². The smallest absolute Gasteiger partial charge is 0.450 e. The third-order valence-corrected chi connectivity index (χ3v) is 7.91. The Balaban J connectivity index is 0.000000636. The summed E-state index contributed by atoms with van der Waals surface area (Å²) in [5.41, 5.74) is 11.2. The van der Waals surface area contributed by atoms with Crippen LogP contribution < -0.4 is 5.73 Å². The fraction of sp³-hybridized carbons (Fsp3) is 0.304. The summed E-state index contributed by atoms with van der Waals surface area (Å²) in [6.07, 6.45) is 10.8. The van der Waals surface area contributed by atoms with Gasteiger partial charge in [-0.25, -0.2) is 14.5 Å². The van der Waals surface area contributed by atoms with Crippen LogP contribution in [0.3, 0.4) is 0 Å². The number of aromatic nitrogens is 5. The Morgan fingerprint density at radius 2 is 1.79 bits per heavy atom. The minimum absolute atomic E-state index is 0.421. The van der Waals surface area contributed by atoms with Crippen LogP contribution in [0.25, 0.3) is 22.5 Å². The van der Waals surface area contributed by atoms with Gasteiger partial charge in [0.2, 0.25) is 0 Å². The number of nitrogen functional groups attached to an aromatic ring is 1. The van der Waals surface area contributed by atoms with Crippen LogP contribution in [0, 0.1) is 0 Å². The fourth-order valence-corrected chi connectivity index (χ4v) is 5.57. The fourth-order valence-electron chi connectivity index (χ4n) is 4.24. The quantitative estimate of drug-likeness (QED) is 0.305. The van der Waals surface area contributed by atoms with E-state index in [2.05, 4.69) is 32.4 Å². The standard InChI is InChI=1S/C22H23BrN6S.CH2O3/c1-30-17-9-7-14(8-10-17)20-19(23)21(24)29-22(27-20)18(12-26-29)15-11-25-28(13-15)16-5-3-2-4-6-16;2-1(3)4/h2-6,11-14,17H,7-10,24H2,1H3;(H2,2,3,4)/t14-,17-;. The first kappa shape index (κ1) is 24.1. The Bertz CT molecular complexity index is 1280. The van der Waals surface area contributed by atoms with Crippen molar-refractivity contribution in [3.8, 4) is 16.8 Å². The van der Waals surface area contributed by atoms with Crippen LogP contribution in [0.4, 0.5) is 10.6 Å². The second-order valence-electron chi connectivity index (χ2n) is 7.99. The van der Waals surface area contributed by atoms with E-state index in [1.165, 1.54) is 12.8 Å². The van der Waals surface area contributed by atoms with Crippen LogP contribution in [0.2, 0.25) is 0 Å². The molecule has 1 aliphatic carbocycles. The molecule has 4 aromatic rings. The van der Waals surface area contributed by atoms with Crippen LogP contribution in [0.15, 0.2) is 53.4 Å². The van der Waals surface area contributed by atoms with Crippen molar-refractivity contribution in [2.75, 3.05) is 12.0 Å². The molecule has 0 spiro atoms. The molecule has 0 bridgehead atoms. The summed E-state index contributed by atoms with van der Waals surface area (Å²) in [6.45, 7) is 0. The zero-order valence-corrected chi connectivity index (χ0v) is 20.9. The highest BCUT2D eigenvalue weighted by Gasteiger charge is 2.27. The lowest BCUT2D eigenvalue weighted by Crippen LogP contribution is -2.17. The van der Waals surface area contributed by atoms with Crippen LogP contribution in [-0.2, 0) is 0 Å². The SMILES string of the molecule is CS[C@H]1CC[C@H](c2nc3c(-c4cnn(-c5ccccc5)c4)cnn3c(N)c2Br)CC1.O=C(O)O. The van der Waals surface area contributed by atoms with E-state index < -0.39 is 6.16 Å². The van der Waals surface area contributed by atoms with Crippen molar-refractivity contribution in [2.24, 2.45) is 0 Å². The molecule has 0 amide bonds. The number of hydrogen-bond donors (Lipinski definition) is 3. The maximum atomic E-state index is 8.56. The number of nitrogens with zero attached hydrogens (tertiary/aromatic N) is 5. The monoisotopic (exact) mass is 544 g/mol. The van der Waals surface area contributed by atoms with Crippen molar-refractivity contribution in [1.29, 1.82) is 0 Å². The Labute approximate surface area is 209 Å². The Kier molecular flexibility index (Phi) is 7.42. The third-order valence-electron chi connectivity index (χ3n) is 5.96. The van der Waals surface area contributed by atoms with Gasteiger partial charge in [0, 0.05) is 28.5 Å². The van der Waals surface area contributed by atoms with Crippen molar-refractivity contribution in [2.45, 2.75) is 36.9 Å². The number of halogens is 1. The van der Waals surface area contributed by atoms with Crippen molar-refractivity contribution in [3.63, 3.8) is 0 Å². The number of benzene rings is 1. The van der Waals surface area contributed by atoms with Gasteiger partial charge in [-0.3, -0.25) is 0 Å². The van der Waals surface area contributed by atoms with Gasteiger partial charge in [0.1, 0.15) is 5.82 Å². The molecule has 3 heterocycles. The molecule has 1 fully saturated rings. The first-order chi connectivity index (χ1) is 16.4. The van der Waals surface area contributed by atoms with Crippen molar-refractivity contribution in [1.82, 2.24) is 24.4 Å². The van der Waals surface area contributed by atoms with E-state index in [1.807, 2.05) is 65.4 Å². The highest BCUT2D eigenvalue weighted by molar-refractivity contribution is 9.10. The Morgan fingerprint density at radius 3 is 2.44 bits per heavy atom. The van der Waals surface area contributed by atoms with Gasteiger partial charge in [-0.05, 0) is 60.0 Å². The van der Waals surface area contributed by atoms with Crippen molar-refractivity contribution in [3.05, 3.63) is 59.1 Å². The first-order valence-electron chi connectivity index (χ1n) is 10.8.